The van der Waals surface area contributed by atoms with Gasteiger partial charge >= 0.3 is 0 Å². The Morgan fingerprint density at radius 2 is 1.68 bits per heavy atom. The summed E-state index contributed by atoms with van der Waals surface area (Å²) in [5, 5.41) is 0.980. The lowest BCUT2D eigenvalue weighted by atomic mass is 10.0. The van der Waals surface area contributed by atoms with Crippen LogP contribution in [0.2, 0.25) is 0 Å². The van der Waals surface area contributed by atoms with Crippen molar-refractivity contribution < 1.29 is 9.53 Å². The van der Waals surface area contributed by atoms with E-state index >= 15 is 0 Å². The highest BCUT2D eigenvalue weighted by Crippen LogP contribution is 2.21. The maximum absolute atomic E-state index is 12.4. The van der Waals surface area contributed by atoms with Crippen molar-refractivity contribution >= 4 is 21.7 Å². The topological polar surface area (TPSA) is 26.3 Å². The molecule has 2 rings (SSSR count). The largest absolute Gasteiger partial charge is 0.493 e. The summed E-state index contributed by atoms with van der Waals surface area (Å²) in [6.07, 6.45) is 3.32. The van der Waals surface area contributed by atoms with E-state index in [4.69, 9.17) is 4.74 Å². The third kappa shape index (κ3) is 5.30. The van der Waals surface area contributed by atoms with Crippen LogP contribution < -0.4 is 4.74 Å². The molecule has 116 valence electrons. The molecule has 0 spiro atoms. The Bertz CT molecular complexity index is 581. The molecule has 0 aromatic heterocycles. The maximum atomic E-state index is 12.4. The molecule has 0 aliphatic heterocycles. The average Bonchev–Trinajstić information content (AvgIpc) is 2.58. The second-order valence-corrected chi connectivity index (χ2v) is 5.94. The van der Waals surface area contributed by atoms with Gasteiger partial charge in [-0.25, -0.2) is 0 Å². The highest BCUT2D eigenvalue weighted by atomic mass is 79.9. The minimum absolute atomic E-state index is 0.139. The van der Waals surface area contributed by atoms with Crippen LogP contribution in [0.25, 0.3) is 0 Å². The zero-order chi connectivity index (χ0) is 15.6. The number of unbranched alkanes of at least 4 members (excludes halogenated alkanes) is 1. The predicted molar refractivity (Wildman–Crippen MR) is 94.1 cm³/mol. The number of hydrogen-bond donors (Lipinski definition) is 0. The Morgan fingerprint density at radius 1 is 0.955 bits per heavy atom. The summed E-state index contributed by atoms with van der Waals surface area (Å²) >= 11 is 3.41. The molecule has 2 nitrogen and oxygen atoms in total. The second-order valence-electron chi connectivity index (χ2n) is 5.15. The fourth-order valence-electron chi connectivity index (χ4n) is 2.24. The predicted octanol–water partition coefficient (Wildman–Crippen LogP) is 5.06. The minimum Gasteiger partial charge on any atom is -0.493 e. The summed E-state index contributed by atoms with van der Waals surface area (Å²) in [4.78, 5) is 12.4. The number of ketones is 1. The molecule has 0 saturated heterocycles. The van der Waals surface area contributed by atoms with Crippen LogP contribution >= 0.6 is 15.9 Å². The molecule has 2 aromatic rings. The van der Waals surface area contributed by atoms with Gasteiger partial charge in [-0.15, -0.1) is 0 Å². The fourth-order valence-corrected chi connectivity index (χ4v) is 2.64. The van der Waals surface area contributed by atoms with Gasteiger partial charge in [0.2, 0.25) is 0 Å². The number of carbonyl (C=O) groups is 1. The number of hydrogen-bond acceptors (Lipinski definition) is 2. The number of rotatable bonds is 9. The van der Waals surface area contributed by atoms with Crippen molar-refractivity contribution in [3.05, 3.63) is 65.7 Å². The number of Topliss-reactive ketones (excluding diaryl/α,β-unsaturated/α-hetero) is 1. The van der Waals surface area contributed by atoms with Crippen molar-refractivity contribution in [2.24, 2.45) is 0 Å². The van der Waals surface area contributed by atoms with Crippen molar-refractivity contribution in [2.45, 2.75) is 25.7 Å². The molecule has 0 bridgehead atoms. The molecule has 0 amide bonds. The lowest BCUT2D eigenvalue weighted by molar-refractivity contribution is 0.0979. The smallest absolute Gasteiger partial charge is 0.166 e. The molecule has 0 unspecified atom stereocenters. The van der Waals surface area contributed by atoms with Crippen LogP contribution in [0, 0.1) is 0 Å². The third-order valence-corrected chi connectivity index (χ3v) is 4.02. The van der Waals surface area contributed by atoms with Gasteiger partial charge < -0.3 is 4.74 Å². The first-order valence-corrected chi connectivity index (χ1v) is 8.78. The zero-order valence-electron chi connectivity index (χ0n) is 12.6. The SMILES string of the molecule is O=C(CCc1ccccc1)c1ccccc1OCCCCBr. The summed E-state index contributed by atoms with van der Waals surface area (Å²) in [5.74, 6) is 0.843. The van der Waals surface area contributed by atoms with Crippen molar-refractivity contribution in [3.63, 3.8) is 0 Å². The Balaban J connectivity index is 1.94. The fraction of sp³-hybridized carbons (Fsp3) is 0.316. The van der Waals surface area contributed by atoms with Crippen molar-refractivity contribution in [2.75, 3.05) is 11.9 Å². The van der Waals surface area contributed by atoms with Gasteiger partial charge in [0.25, 0.3) is 0 Å². The molecule has 0 heterocycles. The van der Waals surface area contributed by atoms with Crippen LogP contribution in [0.15, 0.2) is 54.6 Å². The molecular formula is C19H21BrO2. The van der Waals surface area contributed by atoms with E-state index in [2.05, 4.69) is 28.1 Å². The van der Waals surface area contributed by atoms with Gasteiger partial charge in [0.1, 0.15) is 5.75 Å². The number of ether oxygens (including phenoxy) is 1. The first kappa shape index (κ1) is 16.8. The Kier molecular flexibility index (Phi) is 7.17. The lowest BCUT2D eigenvalue weighted by Gasteiger charge is -2.10. The number of halogens is 1. The average molecular weight is 361 g/mol. The summed E-state index contributed by atoms with van der Waals surface area (Å²) in [6.45, 7) is 0.647. The van der Waals surface area contributed by atoms with Crippen LogP contribution in [-0.2, 0) is 6.42 Å². The first-order chi connectivity index (χ1) is 10.8. The van der Waals surface area contributed by atoms with E-state index < -0.39 is 0 Å². The van der Waals surface area contributed by atoms with E-state index in [0.717, 1.165) is 24.6 Å². The molecular weight excluding hydrogens is 340 g/mol. The second kappa shape index (κ2) is 9.42. The number of aryl methyl sites for hydroxylation is 1. The van der Waals surface area contributed by atoms with Gasteiger partial charge in [-0.1, -0.05) is 58.4 Å². The summed E-state index contributed by atoms with van der Waals surface area (Å²) in [6, 6.07) is 17.6. The van der Waals surface area contributed by atoms with Gasteiger partial charge in [-0.05, 0) is 37.0 Å². The summed E-state index contributed by atoms with van der Waals surface area (Å²) in [5.41, 5.74) is 1.88. The molecule has 0 aliphatic rings. The molecule has 0 aliphatic carbocycles. The van der Waals surface area contributed by atoms with E-state index in [1.165, 1.54) is 5.56 Å². The monoisotopic (exact) mass is 360 g/mol. The molecule has 3 heteroatoms. The summed E-state index contributed by atoms with van der Waals surface area (Å²) in [7, 11) is 0. The van der Waals surface area contributed by atoms with E-state index in [-0.39, 0.29) is 5.78 Å². The highest BCUT2D eigenvalue weighted by molar-refractivity contribution is 9.09. The molecule has 2 aromatic carbocycles. The third-order valence-electron chi connectivity index (χ3n) is 3.46. The Hall–Kier alpha value is -1.61. The van der Waals surface area contributed by atoms with Crippen LogP contribution in [0.3, 0.4) is 0 Å². The summed E-state index contributed by atoms with van der Waals surface area (Å²) < 4.78 is 5.77. The number of benzene rings is 2. The van der Waals surface area contributed by atoms with E-state index in [1.807, 2.05) is 42.5 Å². The molecule has 0 saturated carbocycles. The highest BCUT2D eigenvalue weighted by Gasteiger charge is 2.12. The standard InChI is InChI=1S/C19H21BrO2/c20-14-6-7-15-22-19-11-5-4-10-17(19)18(21)13-12-16-8-2-1-3-9-16/h1-5,8-11H,6-7,12-15H2. The van der Waals surface area contributed by atoms with E-state index in [1.54, 1.807) is 0 Å². The lowest BCUT2D eigenvalue weighted by Crippen LogP contribution is -2.06. The van der Waals surface area contributed by atoms with Crippen LogP contribution in [0.4, 0.5) is 0 Å². The van der Waals surface area contributed by atoms with E-state index in [0.29, 0.717) is 24.3 Å². The van der Waals surface area contributed by atoms with Gasteiger partial charge in [0.15, 0.2) is 5.78 Å². The number of para-hydroxylation sites is 1. The maximum Gasteiger partial charge on any atom is 0.166 e. The van der Waals surface area contributed by atoms with Gasteiger partial charge in [0, 0.05) is 11.8 Å². The molecule has 0 N–H and O–H groups in total. The normalized spacial score (nSPS) is 10.4. The van der Waals surface area contributed by atoms with Crippen LogP contribution in [0.1, 0.15) is 35.2 Å². The zero-order valence-corrected chi connectivity index (χ0v) is 14.2. The molecule has 0 radical (unpaired) electrons. The molecule has 22 heavy (non-hydrogen) atoms. The van der Waals surface area contributed by atoms with Gasteiger partial charge in [-0.3, -0.25) is 4.79 Å². The van der Waals surface area contributed by atoms with Crippen molar-refractivity contribution in [1.82, 2.24) is 0 Å². The Morgan fingerprint density at radius 3 is 2.45 bits per heavy atom. The van der Waals surface area contributed by atoms with Crippen molar-refractivity contribution in [3.8, 4) is 5.75 Å². The van der Waals surface area contributed by atoms with Gasteiger partial charge in [0.05, 0.1) is 12.2 Å². The first-order valence-electron chi connectivity index (χ1n) is 7.66. The molecule has 0 atom stereocenters. The van der Waals surface area contributed by atoms with Gasteiger partial charge in [-0.2, -0.15) is 0 Å². The van der Waals surface area contributed by atoms with Crippen LogP contribution in [0.5, 0.6) is 5.75 Å². The number of carbonyl (C=O) groups excluding carboxylic acids is 1. The Labute approximate surface area is 140 Å². The van der Waals surface area contributed by atoms with Crippen molar-refractivity contribution in [1.29, 1.82) is 0 Å². The molecule has 0 fully saturated rings. The van der Waals surface area contributed by atoms with E-state index in [9.17, 15) is 4.79 Å². The number of alkyl halides is 1. The quantitative estimate of drug-likeness (QED) is 0.355. The van der Waals surface area contributed by atoms with Crippen LogP contribution in [-0.4, -0.2) is 17.7 Å². The minimum atomic E-state index is 0.139.